The summed E-state index contributed by atoms with van der Waals surface area (Å²) in [4.78, 5) is 15.2. The molecule has 0 saturated heterocycles. The Morgan fingerprint density at radius 2 is 2.42 bits per heavy atom. The Hall–Kier alpha value is -1.66. The zero-order valence-corrected chi connectivity index (χ0v) is 11.7. The van der Waals surface area contributed by atoms with Crippen molar-refractivity contribution in [2.45, 2.75) is 32.9 Å². The van der Waals surface area contributed by atoms with Gasteiger partial charge >= 0.3 is 5.97 Å². The minimum Gasteiger partial charge on any atom is -0.478 e. The van der Waals surface area contributed by atoms with E-state index in [1.54, 1.807) is 30.5 Å². The third kappa shape index (κ3) is 3.21. The summed E-state index contributed by atoms with van der Waals surface area (Å²) in [5.74, 6) is 0.107. The summed E-state index contributed by atoms with van der Waals surface area (Å²) in [5, 5.41) is 15.3. The van der Waals surface area contributed by atoms with Crippen LogP contribution in [0.25, 0.3) is 0 Å². The molecule has 2 aromatic rings. The zero-order valence-electron chi connectivity index (χ0n) is 10.8. The lowest BCUT2D eigenvalue weighted by Crippen LogP contribution is -2.19. The van der Waals surface area contributed by atoms with E-state index < -0.39 is 5.97 Å². The number of nitrogens with zero attached hydrogens (tertiary/aromatic N) is 1. The highest BCUT2D eigenvalue weighted by Crippen LogP contribution is 2.20. The van der Waals surface area contributed by atoms with E-state index in [-0.39, 0.29) is 11.6 Å². The van der Waals surface area contributed by atoms with Crippen LogP contribution in [-0.4, -0.2) is 16.1 Å². The molecule has 2 rings (SSSR count). The number of thiazole rings is 1. The van der Waals surface area contributed by atoms with Gasteiger partial charge in [0, 0.05) is 11.6 Å². The van der Waals surface area contributed by atoms with Gasteiger partial charge in [-0.1, -0.05) is 6.92 Å². The average molecular weight is 280 g/mol. The highest BCUT2D eigenvalue weighted by atomic mass is 32.1. The van der Waals surface area contributed by atoms with Gasteiger partial charge in [0.25, 0.3) is 0 Å². The second kappa shape index (κ2) is 5.99. The molecule has 0 spiro atoms. The number of aryl methyl sites for hydroxylation is 1. The molecule has 2 N–H and O–H groups in total. The van der Waals surface area contributed by atoms with E-state index >= 15 is 0 Å². The molecule has 0 aliphatic heterocycles. The Kier molecular flexibility index (Phi) is 4.34. The monoisotopic (exact) mass is 280 g/mol. The number of hydrogen-bond donors (Lipinski definition) is 2. The summed E-state index contributed by atoms with van der Waals surface area (Å²) in [6, 6.07) is 1.73. The summed E-state index contributed by atoms with van der Waals surface area (Å²) < 4.78 is 5.43. The summed E-state index contributed by atoms with van der Waals surface area (Å²) in [6.45, 7) is 4.23. The Balaban J connectivity index is 2.02. The van der Waals surface area contributed by atoms with Crippen LogP contribution in [0.15, 0.2) is 22.1 Å². The number of carbonyl (C=O) groups is 1. The van der Waals surface area contributed by atoms with E-state index in [1.807, 2.05) is 5.38 Å². The number of aromatic carboxylic acids is 1. The predicted octanol–water partition coefficient (Wildman–Crippen LogP) is 2.98. The minimum atomic E-state index is -0.959. The van der Waals surface area contributed by atoms with Crippen LogP contribution in [-0.2, 0) is 6.54 Å². The van der Waals surface area contributed by atoms with Crippen LogP contribution >= 0.6 is 11.3 Å². The van der Waals surface area contributed by atoms with E-state index in [0.29, 0.717) is 18.1 Å². The fourth-order valence-electron chi connectivity index (χ4n) is 1.88. The van der Waals surface area contributed by atoms with Gasteiger partial charge in [-0.05, 0) is 19.4 Å². The van der Waals surface area contributed by atoms with E-state index in [2.05, 4.69) is 17.2 Å². The van der Waals surface area contributed by atoms with E-state index in [0.717, 1.165) is 11.4 Å². The van der Waals surface area contributed by atoms with Gasteiger partial charge in [-0.25, -0.2) is 9.78 Å². The van der Waals surface area contributed by atoms with Gasteiger partial charge in [0.2, 0.25) is 0 Å². The maximum atomic E-state index is 10.9. The molecular weight excluding hydrogens is 264 g/mol. The zero-order chi connectivity index (χ0) is 13.8. The molecule has 0 radical (unpaired) electrons. The highest BCUT2D eigenvalue weighted by molar-refractivity contribution is 7.09. The highest BCUT2D eigenvalue weighted by Gasteiger charge is 2.16. The minimum absolute atomic E-state index is 0.165. The lowest BCUT2D eigenvalue weighted by Gasteiger charge is -2.12. The first-order valence-electron chi connectivity index (χ1n) is 6.07. The van der Waals surface area contributed by atoms with E-state index in [4.69, 9.17) is 9.52 Å². The standard InChI is InChI=1S/C13H16N2O3S/c1-3-11(12-14-4-5-19-12)15-7-9-6-10(13(16)17)8(2)18-9/h4-6,11,15H,3,7H2,1-2H3,(H,16,17). The molecule has 1 unspecified atom stereocenters. The van der Waals surface area contributed by atoms with Crippen molar-refractivity contribution in [1.29, 1.82) is 0 Å². The van der Waals surface area contributed by atoms with E-state index in [1.165, 1.54) is 0 Å². The van der Waals surface area contributed by atoms with Gasteiger partial charge in [-0.3, -0.25) is 0 Å². The largest absolute Gasteiger partial charge is 0.478 e. The van der Waals surface area contributed by atoms with Gasteiger partial charge in [0.05, 0.1) is 12.6 Å². The average Bonchev–Trinajstić information content (AvgIpc) is 3.00. The van der Waals surface area contributed by atoms with Crippen LogP contribution in [0.1, 0.15) is 46.3 Å². The lowest BCUT2D eigenvalue weighted by molar-refractivity contribution is 0.0695. The van der Waals surface area contributed by atoms with Crippen molar-refractivity contribution in [2.24, 2.45) is 0 Å². The van der Waals surface area contributed by atoms with Crippen molar-refractivity contribution in [1.82, 2.24) is 10.3 Å². The second-order valence-electron chi connectivity index (χ2n) is 4.20. The van der Waals surface area contributed by atoms with Gasteiger partial charge in [-0.2, -0.15) is 0 Å². The molecule has 0 fully saturated rings. The van der Waals surface area contributed by atoms with Crippen LogP contribution < -0.4 is 5.32 Å². The van der Waals surface area contributed by atoms with Crippen LogP contribution in [0.2, 0.25) is 0 Å². The van der Waals surface area contributed by atoms with Crippen molar-refractivity contribution in [2.75, 3.05) is 0 Å². The van der Waals surface area contributed by atoms with Gasteiger partial charge in [-0.15, -0.1) is 11.3 Å². The fourth-order valence-corrected chi connectivity index (χ4v) is 2.68. The van der Waals surface area contributed by atoms with Gasteiger partial charge in [0.15, 0.2) is 0 Å². The molecule has 0 amide bonds. The van der Waals surface area contributed by atoms with Gasteiger partial charge in [0.1, 0.15) is 22.1 Å². The van der Waals surface area contributed by atoms with Gasteiger partial charge < -0.3 is 14.8 Å². The maximum Gasteiger partial charge on any atom is 0.339 e. The number of hydrogen-bond acceptors (Lipinski definition) is 5. The van der Waals surface area contributed by atoms with Crippen LogP contribution in [0.5, 0.6) is 0 Å². The first-order valence-corrected chi connectivity index (χ1v) is 6.95. The molecule has 2 aromatic heterocycles. The number of carboxylic acid groups (broad SMARTS) is 1. The molecule has 5 nitrogen and oxygen atoms in total. The molecule has 19 heavy (non-hydrogen) atoms. The van der Waals surface area contributed by atoms with Crippen LogP contribution in [0.4, 0.5) is 0 Å². The summed E-state index contributed by atoms with van der Waals surface area (Å²) in [6.07, 6.45) is 2.70. The number of rotatable bonds is 6. The number of carboxylic acids is 1. The number of furan rings is 1. The quantitative estimate of drug-likeness (QED) is 0.850. The molecule has 102 valence electrons. The normalized spacial score (nSPS) is 12.5. The number of nitrogens with one attached hydrogen (secondary N) is 1. The molecule has 0 aliphatic rings. The molecule has 0 aromatic carbocycles. The van der Waals surface area contributed by atoms with Crippen LogP contribution in [0.3, 0.4) is 0 Å². The predicted molar refractivity (Wildman–Crippen MR) is 72.4 cm³/mol. The lowest BCUT2D eigenvalue weighted by atomic mass is 10.2. The Bertz CT molecular complexity index is 548. The summed E-state index contributed by atoms with van der Waals surface area (Å²) >= 11 is 1.61. The Labute approximate surface area is 115 Å². The molecule has 0 bridgehead atoms. The second-order valence-corrected chi connectivity index (χ2v) is 5.13. The SMILES string of the molecule is CCC(NCc1cc(C(=O)O)c(C)o1)c1nccs1. The Morgan fingerprint density at radius 1 is 1.63 bits per heavy atom. The smallest absolute Gasteiger partial charge is 0.339 e. The van der Waals surface area contributed by atoms with E-state index in [9.17, 15) is 4.79 Å². The fraction of sp³-hybridized carbons (Fsp3) is 0.385. The van der Waals surface area contributed by atoms with Crippen molar-refractivity contribution in [3.63, 3.8) is 0 Å². The van der Waals surface area contributed by atoms with Crippen LogP contribution in [0, 0.1) is 6.92 Å². The van der Waals surface area contributed by atoms with Crippen molar-refractivity contribution in [3.8, 4) is 0 Å². The molecule has 6 heteroatoms. The van der Waals surface area contributed by atoms with Crippen molar-refractivity contribution >= 4 is 17.3 Å². The molecule has 0 saturated carbocycles. The van der Waals surface area contributed by atoms with Crippen molar-refractivity contribution in [3.05, 3.63) is 39.7 Å². The Morgan fingerprint density at radius 3 is 2.95 bits per heavy atom. The van der Waals surface area contributed by atoms with Crippen molar-refractivity contribution < 1.29 is 14.3 Å². The first-order chi connectivity index (χ1) is 9.11. The molecule has 2 heterocycles. The molecular formula is C13H16N2O3S. The number of aromatic nitrogens is 1. The summed E-state index contributed by atoms with van der Waals surface area (Å²) in [5.41, 5.74) is 0.221. The third-order valence-corrected chi connectivity index (χ3v) is 3.77. The summed E-state index contributed by atoms with van der Waals surface area (Å²) in [7, 11) is 0. The maximum absolute atomic E-state index is 10.9. The molecule has 0 aliphatic carbocycles. The third-order valence-electron chi connectivity index (χ3n) is 2.88. The topological polar surface area (TPSA) is 75.4 Å². The molecule has 1 atom stereocenters. The first kappa shape index (κ1) is 13.8.